The number of nitrogens with zero attached hydrogens (tertiary/aromatic N) is 4. The van der Waals surface area contributed by atoms with Gasteiger partial charge in [0.15, 0.2) is 5.16 Å². The molecule has 2 heterocycles. The molecule has 1 fully saturated rings. The van der Waals surface area contributed by atoms with Crippen LogP contribution in [0.3, 0.4) is 0 Å². The van der Waals surface area contributed by atoms with E-state index in [0.29, 0.717) is 39.4 Å². The van der Waals surface area contributed by atoms with Crippen LogP contribution < -0.4 is 4.74 Å². The summed E-state index contributed by atoms with van der Waals surface area (Å²) in [5.41, 5.74) is 3.98. The van der Waals surface area contributed by atoms with Gasteiger partial charge < -0.3 is 19.3 Å². The number of carbonyl (C=O) groups excluding carboxylic acids is 2. The van der Waals surface area contributed by atoms with Gasteiger partial charge in [-0.3, -0.25) is 9.36 Å². The number of benzene rings is 2. The van der Waals surface area contributed by atoms with Crippen LogP contribution in [0.15, 0.2) is 59.9 Å². The summed E-state index contributed by atoms with van der Waals surface area (Å²) in [5.74, 6) is 1.12. The molecule has 1 aromatic heterocycles. The number of hydrogen-bond acceptors (Lipinski definition) is 6. The van der Waals surface area contributed by atoms with Gasteiger partial charge in [-0.05, 0) is 57.2 Å². The zero-order valence-electron chi connectivity index (χ0n) is 21.0. The SMILES string of the molecule is CCOC(=O)N1CCN(C(=O)CSc2nc(-c3ccc(OCC)cc3)cn2-c2ccc(C)cc2)CC1. The van der Waals surface area contributed by atoms with Crippen LogP contribution in [0.4, 0.5) is 4.79 Å². The second kappa shape index (κ2) is 12.0. The highest BCUT2D eigenvalue weighted by Gasteiger charge is 2.25. The van der Waals surface area contributed by atoms with Gasteiger partial charge in [-0.2, -0.15) is 0 Å². The standard InChI is InChI=1S/C27H32N4O4S/c1-4-34-23-12-8-21(9-13-23)24-18-31(22-10-6-20(3)7-11-22)26(28-24)36-19-25(32)29-14-16-30(17-15-29)27(33)35-5-2/h6-13,18H,4-5,14-17,19H2,1-3H3. The van der Waals surface area contributed by atoms with Crippen molar-refractivity contribution in [1.82, 2.24) is 19.4 Å². The lowest BCUT2D eigenvalue weighted by Gasteiger charge is -2.34. The highest BCUT2D eigenvalue weighted by Crippen LogP contribution is 2.29. The van der Waals surface area contributed by atoms with Crippen LogP contribution in [-0.2, 0) is 9.53 Å². The largest absolute Gasteiger partial charge is 0.494 e. The summed E-state index contributed by atoms with van der Waals surface area (Å²) in [6.45, 7) is 8.74. The van der Waals surface area contributed by atoms with E-state index in [1.54, 1.807) is 16.7 Å². The van der Waals surface area contributed by atoms with Crippen molar-refractivity contribution in [3.63, 3.8) is 0 Å². The minimum atomic E-state index is -0.319. The number of piperazine rings is 1. The van der Waals surface area contributed by atoms with Crippen molar-refractivity contribution >= 4 is 23.8 Å². The molecule has 4 rings (SSSR count). The summed E-state index contributed by atoms with van der Waals surface area (Å²) >= 11 is 1.42. The van der Waals surface area contributed by atoms with E-state index in [4.69, 9.17) is 14.5 Å². The van der Waals surface area contributed by atoms with E-state index in [-0.39, 0.29) is 17.8 Å². The average molecular weight is 509 g/mol. The zero-order valence-corrected chi connectivity index (χ0v) is 21.8. The number of carbonyl (C=O) groups is 2. The molecule has 9 heteroatoms. The predicted octanol–water partition coefficient (Wildman–Crippen LogP) is 4.64. The lowest BCUT2D eigenvalue weighted by molar-refractivity contribution is -0.129. The Morgan fingerprint density at radius 2 is 1.58 bits per heavy atom. The Labute approximate surface area is 216 Å². The molecule has 190 valence electrons. The third-order valence-electron chi connectivity index (χ3n) is 5.93. The number of ether oxygens (including phenoxy) is 2. The fourth-order valence-corrected chi connectivity index (χ4v) is 4.85. The fraction of sp³-hybridized carbons (Fsp3) is 0.370. The Bertz CT molecular complexity index is 1170. The molecule has 0 saturated carbocycles. The van der Waals surface area contributed by atoms with Crippen molar-refractivity contribution in [1.29, 1.82) is 0 Å². The Balaban J connectivity index is 1.47. The molecule has 0 radical (unpaired) electrons. The third-order valence-corrected chi connectivity index (χ3v) is 6.87. The Morgan fingerprint density at radius 1 is 0.917 bits per heavy atom. The number of aryl methyl sites for hydroxylation is 1. The Hall–Kier alpha value is -3.46. The molecule has 0 spiro atoms. The van der Waals surface area contributed by atoms with Crippen LogP contribution in [0.2, 0.25) is 0 Å². The molecule has 3 aromatic rings. The topological polar surface area (TPSA) is 76.9 Å². The van der Waals surface area contributed by atoms with Gasteiger partial charge in [0.2, 0.25) is 5.91 Å². The number of aromatic nitrogens is 2. The van der Waals surface area contributed by atoms with Crippen molar-refractivity contribution in [3.8, 4) is 22.7 Å². The predicted molar refractivity (Wildman–Crippen MR) is 141 cm³/mol. The van der Waals surface area contributed by atoms with E-state index in [2.05, 4.69) is 31.2 Å². The van der Waals surface area contributed by atoms with E-state index >= 15 is 0 Å². The highest BCUT2D eigenvalue weighted by atomic mass is 32.2. The molecular weight excluding hydrogens is 476 g/mol. The number of imidazole rings is 1. The molecule has 8 nitrogen and oxygen atoms in total. The zero-order chi connectivity index (χ0) is 25.5. The number of thioether (sulfide) groups is 1. The molecule has 1 saturated heterocycles. The summed E-state index contributed by atoms with van der Waals surface area (Å²) < 4.78 is 12.7. The normalized spacial score (nSPS) is 13.5. The second-order valence-corrected chi connectivity index (χ2v) is 9.37. The van der Waals surface area contributed by atoms with E-state index in [0.717, 1.165) is 27.9 Å². The first kappa shape index (κ1) is 25.6. The van der Waals surface area contributed by atoms with Gasteiger partial charge in [-0.25, -0.2) is 9.78 Å². The number of hydrogen-bond donors (Lipinski definition) is 0. The maximum absolute atomic E-state index is 13.0. The molecule has 2 aromatic carbocycles. The van der Waals surface area contributed by atoms with Gasteiger partial charge in [0.05, 0.1) is 24.7 Å². The molecule has 2 amide bonds. The Morgan fingerprint density at radius 3 is 2.22 bits per heavy atom. The van der Waals surface area contributed by atoms with Crippen molar-refractivity contribution in [2.75, 3.05) is 45.1 Å². The van der Waals surface area contributed by atoms with E-state index < -0.39 is 0 Å². The first-order chi connectivity index (χ1) is 17.5. The smallest absolute Gasteiger partial charge is 0.409 e. The van der Waals surface area contributed by atoms with Crippen LogP contribution in [-0.4, -0.2) is 76.5 Å². The van der Waals surface area contributed by atoms with Crippen molar-refractivity contribution in [2.45, 2.75) is 25.9 Å². The molecule has 1 aliphatic rings. The lowest BCUT2D eigenvalue weighted by atomic mass is 10.1. The first-order valence-electron chi connectivity index (χ1n) is 12.2. The number of rotatable bonds is 8. The summed E-state index contributed by atoms with van der Waals surface area (Å²) in [5, 5.41) is 0.751. The van der Waals surface area contributed by atoms with Gasteiger partial charge in [0.25, 0.3) is 0 Å². The molecule has 0 N–H and O–H groups in total. The summed E-state index contributed by atoms with van der Waals surface area (Å²) in [6, 6.07) is 16.1. The van der Waals surface area contributed by atoms with E-state index in [1.807, 2.05) is 42.0 Å². The monoisotopic (exact) mass is 508 g/mol. The molecule has 0 aliphatic carbocycles. The average Bonchev–Trinajstić information content (AvgIpc) is 3.33. The molecule has 0 unspecified atom stereocenters. The van der Waals surface area contributed by atoms with Gasteiger partial charge in [0, 0.05) is 43.6 Å². The molecule has 0 atom stereocenters. The van der Waals surface area contributed by atoms with E-state index in [1.165, 1.54) is 17.3 Å². The molecule has 1 aliphatic heterocycles. The second-order valence-electron chi connectivity index (χ2n) is 8.43. The van der Waals surface area contributed by atoms with Gasteiger partial charge in [-0.15, -0.1) is 0 Å². The van der Waals surface area contributed by atoms with Gasteiger partial charge >= 0.3 is 6.09 Å². The van der Waals surface area contributed by atoms with Crippen LogP contribution >= 0.6 is 11.8 Å². The quantitative estimate of drug-likeness (QED) is 0.413. The maximum Gasteiger partial charge on any atom is 0.409 e. The maximum atomic E-state index is 13.0. The van der Waals surface area contributed by atoms with Crippen LogP contribution in [0.25, 0.3) is 16.9 Å². The summed E-state index contributed by atoms with van der Waals surface area (Å²) in [6.07, 6.45) is 1.69. The summed E-state index contributed by atoms with van der Waals surface area (Å²) in [4.78, 5) is 33.2. The fourth-order valence-electron chi connectivity index (χ4n) is 3.95. The molecular formula is C27H32N4O4S. The van der Waals surface area contributed by atoms with Crippen molar-refractivity contribution in [3.05, 3.63) is 60.3 Å². The minimum absolute atomic E-state index is 0.0320. The van der Waals surface area contributed by atoms with Crippen LogP contribution in [0.1, 0.15) is 19.4 Å². The van der Waals surface area contributed by atoms with Crippen molar-refractivity contribution < 1.29 is 19.1 Å². The lowest BCUT2D eigenvalue weighted by Crippen LogP contribution is -2.51. The highest BCUT2D eigenvalue weighted by molar-refractivity contribution is 7.99. The molecule has 36 heavy (non-hydrogen) atoms. The van der Waals surface area contributed by atoms with Gasteiger partial charge in [-0.1, -0.05) is 29.5 Å². The minimum Gasteiger partial charge on any atom is -0.494 e. The first-order valence-corrected chi connectivity index (χ1v) is 13.2. The Kier molecular flexibility index (Phi) is 8.53. The number of amides is 2. The van der Waals surface area contributed by atoms with Crippen LogP contribution in [0.5, 0.6) is 5.75 Å². The van der Waals surface area contributed by atoms with Gasteiger partial charge in [0.1, 0.15) is 5.75 Å². The third kappa shape index (κ3) is 6.20. The summed E-state index contributed by atoms with van der Waals surface area (Å²) in [7, 11) is 0. The van der Waals surface area contributed by atoms with Crippen LogP contribution in [0, 0.1) is 6.92 Å². The van der Waals surface area contributed by atoms with E-state index in [9.17, 15) is 9.59 Å². The molecule has 0 bridgehead atoms. The van der Waals surface area contributed by atoms with Crippen molar-refractivity contribution in [2.24, 2.45) is 0 Å².